The van der Waals surface area contributed by atoms with Crippen LogP contribution in [0.5, 0.6) is 17.2 Å². The van der Waals surface area contributed by atoms with Crippen molar-refractivity contribution in [2.24, 2.45) is 0 Å². The molecule has 4 aromatic rings. The number of ether oxygens (including phenoxy) is 3. The van der Waals surface area contributed by atoms with E-state index in [0.717, 1.165) is 5.56 Å². The van der Waals surface area contributed by atoms with E-state index < -0.39 is 6.10 Å². The molecule has 3 amide bonds. The summed E-state index contributed by atoms with van der Waals surface area (Å²) in [7, 11) is 1.54. The summed E-state index contributed by atoms with van der Waals surface area (Å²) in [4.78, 5) is 52.5. The van der Waals surface area contributed by atoms with Crippen molar-refractivity contribution in [2.45, 2.75) is 38.5 Å². The van der Waals surface area contributed by atoms with Crippen LogP contribution >= 0.6 is 0 Å². The molecular formula is C34H35N5O6. The first kappa shape index (κ1) is 30.0. The Morgan fingerprint density at radius 3 is 2.71 bits per heavy atom. The second kappa shape index (κ2) is 13.3. The average Bonchev–Trinajstić information content (AvgIpc) is 3.06. The fourth-order valence-corrected chi connectivity index (χ4v) is 5.76. The minimum Gasteiger partial charge on any atom is -0.493 e. The predicted molar refractivity (Wildman–Crippen MR) is 166 cm³/mol. The summed E-state index contributed by atoms with van der Waals surface area (Å²) in [6.45, 7) is 3.19. The van der Waals surface area contributed by atoms with E-state index in [-0.39, 0.29) is 43.5 Å². The van der Waals surface area contributed by atoms with E-state index in [9.17, 15) is 14.4 Å². The molecule has 2 atom stereocenters. The van der Waals surface area contributed by atoms with Crippen molar-refractivity contribution in [1.82, 2.24) is 25.1 Å². The molecule has 1 aromatic heterocycles. The number of fused-ring (bicyclic) bond motifs is 6. The number of likely N-dealkylation sites (tertiary alicyclic amines) is 1. The molecular weight excluding hydrogens is 574 g/mol. The van der Waals surface area contributed by atoms with Gasteiger partial charge in [-0.05, 0) is 66.9 Å². The lowest BCUT2D eigenvalue weighted by Crippen LogP contribution is -2.57. The summed E-state index contributed by atoms with van der Waals surface area (Å²) in [5.41, 5.74) is 3.10. The molecule has 4 bridgehead atoms. The first-order valence-electron chi connectivity index (χ1n) is 15.1. The van der Waals surface area contributed by atoms with Gasteiger partial charge in [-0.2, -0.15) is 0 Å². The molecule has 232 valence electrons. The van der Waals surface area contributed by atoms with Crippen molar-refractivity contribution in [3.63, 3.8) is 0 Å². The first-order valence-corrected chi connectivity index (χ1v) is 15.1. The number of nitrogens with zero attached hydrogens (tertiary/aromatic N) is 4. The number of rotatable bonds is 4. The normalized spacial score (nSPS) is 19.0. The topological polar surface area (TPSA) is 123 Å². The number of nitrogens with one attached hydrogen (secondary N) is 1. The van der Waals surface area contributed by atoms with Gasteiger partial charge in [0.15, 0.2) is 11.5 Å². The van der Waals surface area contributed by atoms with E-state index in [1.807, 2.05) is 31.2 Å². The average molecular weight is 610 g/mol. The van der Waals surface area contributed by atoms with Crippen LogP contribution in [-0.4, -0.2) is 82.9 Å². The van der Waals surface area contributed by atoms with E-state index >= 15 is 0 Å². The number of benzene rings is 3. The zero-order valence-electron chi connectivity index (χ0n) is 25.3. The second-order valence-electron chi connectivity index (χ2n) is 11.2. The Balaban J connectivity index is 1.28. The summed E-state index contributed by atoms with van der Waals surface area (Å²) in [6, 6.07) is 17.4. The third kappa shape index (κ3) is 6.73. The van der Waals surface area contributed by atoms with Crippen LogP contribution < -0.4 is 14.8 Å². The van der Waals surface area contributed by atoms with Crippen molar-refractivity contribution in [1.29, 1.82) is 0 Å². The monoisotopic (exact) mass is 609 g/mol. The Morgan fingerprint density at radius 1 is 1.04 bits per heavy atom. The molecule has 1 fully saturated rings. The van der Waals surface area contributed by atoms with E-state index in [1.54, 1.807) is 53.7 Å². The fraction of sp³-hybridized carbons (Fsp3) is 0.324. The summed E-state index contributed by atoms with van der Waals surface area (Å²) < 4.78 is 18.1. The van der Waals surface area contributed by atoms with Crippen molar-refractivity contribution < 1.29 is 28.6 Å². The molecule has 0 aliphatic carbocycles. The second-order valence-corrected chi connectivity index (χ2v) is 11.2. The van der Waals surface area contributed by atoms with Crippen LogP contribution in [0.25, 0.3) is 11.0 Å². The Bertz CT molecular complexity index is 1730. The van der Waals surface area contributed by atoms with Crippen molar-refractivity contribution in [2.75, 3.05) is 33.3 Å². The molecule has 3 heterocycles. The zero-order valence-corrected chi connectivity index (χ0v) is 25.3. The van der Waals surface area contributed by atoms with Crippen molar-refractivity contribution in [3.8, 4) is 17.2 Å². The van der Waals surface area contributed by atoms with Gasteiger partial charge in [0, 0.05) is 43.2 Å². The maximum atomic E-state index is 13.6. The molecule has 11 heteroatoms. The molecule has 11 nitrogen and oxygen atoms in total. The molecule has 0 unspecified atom stereocenters. The van der Waals surface area contributed by atoms with E-state index in [2.05, 4.69) is 15.3 Å². The van der Waals surface area contributed by atoms with Crippen LogP contribution in [0.15, 0.2) is 73.1 Å². The van der Waals surface area contributed by atoms with Crippen LogP contribution in [-0.2, 0) is 16.1 Å². The number of methoxy groups -OCH3 is 1. The van der Waals surface area contributed by atoms with Crippen molar-refractivity contribution >= 4 is 28.8 Å². The van der Waals surface area contributed by atoms with Gasteiger partial charge in [-0.15, -0.1) is 0 Å². The Hall–Kier alpha value is -5.03. The minimum absolute atomic E-state index is 0.113. The van der Waals surface area contributed by atoms with Crippen LogP contribution in [0.3, 0.4) is 0 Å². The van der Waals surface area contributed by atoms with Crippen LogP contribution in [0, 0.1) is 0 Å². The molecule has 1 N–H and O–H groups in total. The number of piperidine rings is 1. The highest BCUT2D eigenvalue weighted by Crippen LogP contribution is 2.33. The maximum absolute atomic E-state index is 13.6. The number of amides is 3. The smallest absolute Gasteiger partial charge is 0.254 e. The van der Waals surface area contributed by atoms with Gasteiger partial charge in [-0.25, -0.2) is 0 Å². The quantitative estimate of drug-likeness (QED) is 0.365. The summed E-state index contributed by atoms with van der Waals surface area (Å²) in [5.74, 6) is 0.698. The van der Waals surface area contributed by atoms with Crippen LogP contribution in [0.2, 0.25) is 0 Å². The molecule has 2 aliphatic rings. The standard InChI is InChI=1S/C34H35N5O6/c1-3-14-38-20-32(40)37-27-11-15-39(33(41)23-7-9-26-28(17-23)36-13-12-35-26)19-31(27)44-21-22-5-4-6-25(16-22)45-30-18-24(34(38)42)8-10-29(30)43-2/h4-10,12-13,16-18,27,31H,3,11,14-15,19-21H2,1-2H3,(H,37,40)/t27-,31-/m0/s1. The van der Waals surface area contributed by atoms with Gasteiger partial charge < -0.3 is 29.3 Å². The lowest BCUT2D eigenvalue weighted by Gasteiger charge is -2.39. The third-order valence-corrected chi connectivity index (χ3v) is 8.03. The van der Waals surface area contributed by atoms with Gasteiger partial charge in [-0.3, -0.25) is 24.4 Å². The third-order valence-electron chi connectivity index (χ3n) is 8.03. The van der Waals surface area contributed by atoms with E-state index in [0.29, 0.717) is 65.3 Å². The molecule has 0 saturated carbocycles. The highest BCUT2D eigenvalue weighted by Gasteiger charge is 2.34. The Labute approximate surface area is 261 Å². The molecule has 3 aromatic carbocycles. The first-order chi connectivity index (χ1) is 21.9. The van der Waals surface area contributed by atoms with Gasteiger partial charge in [0.25, 0.3) is 11.8 Å². The van der Waals surface area contributed by atoms with Gasteiger partial charge >= 0.3 is 0 Å². The van der Waals surface area contributed by atoms with Crippen LogP contribution in [0.4, 0.5) is 0 Å². The van der Waals surface area contributed by atoms with E-state index in [4.69, 9.17) is 14.2 Å². The number of aromatic nitrogens is 2. The van der Waals surface area contributed by atoms with Gasteiger partial charge in [0.05, 0.1) is 43.4 Å². The molecule has 0 radical (unpaired) electrons. The Kier molecular flexibility index (Phi) is 8.88. The van der Waals surface area contributed by atoms with Gasteiger partial charge in [0.2, 0.25) is 5.91 Å². The summed E-state index contributed by atoms with van der Waals surface area (Å²) in [5, 5.41) is 3.11. The van der Waals surface area contributed by atoms with Crippen molar-refractivity contribution in [3.05, 3.63) is 89.7 Å². The van der Waals surface area contributed by atoms with Crippen LogP contribution in [0.1, 0.15) is 46.0 Å². The number of hydrogen-bond acceptors (Lipinski definition) is 8. The molecule has 1 saturated heterocycles. The maximum Gasteiger partial charge on any atom is 0.254 e. The lowest BCUT2D eigenvalue weighted by atomic mass is 10.00. The van der Waals surface area contributed by atoms with E-state index in [1.165, 1.54) is 12.0 Å². The molecule has 0 spiro atoms. The number of carbonyl (C=O) groups is 3. The predicted octanol–water partition coefficient (Wildman–Crippen LogP) is 4.21. The summed E-state index contributed by atoms with van der Waals surface area (Å²) >= 11 is 0. The highest BCUT2D eigenvalue weighted by atomic mass is 16.5. The highest BCUT2D eigenvalue weighted by molar-refractivity contribution is 5.98. The number of carbonyl (C=O) groups excluding carboxylic acids is 3. The van der Waals surface area contributed by atoms with Gasteiger partial charge in [-0.1, -0.05) is 19.1 Å². The Morgan fingerprint density at radius 2 is 1.89 bits per heavy atom. The minimum atomic E-state index is -0.493. The molecule has 6 rings (SSSR count). The molecule has 45 heavy (non-hydrogen) atoms. The number of hydrogen-bond donors (Lipinski definition) is 1. The summed E-state index contributed by atoms with van der Waals surface area (Å²) in [6.07, 6.45) is 3.89. The van der Waals surface area contributed by atoms with Gasteiger partial charge in [0.1, 0.15) is 5.75 Å². The lowest BCUT2D eigenvalue weighted by molar-refractivity contribution is -0.124. The fourth-order valence-electron chi connectivity index (χ4n) is 5.76. The molecule has 2 aliphatic heterocycles. The SMILES string of the molecule is CCCN1CC(=O)N[C@H]2CCN(C(=O)c3ccc4nccnc4c3)C[C@@H]2OCc2cccc(c2)Oc2cc(ccc2OC)C1=O. The largest absolute Gasteiger partial charge is 0.493 e. The zero-order chi connectivity index (χ0) is 31.3.